The molecule has 0 aliphatic carbocycles. The van der Waals surface area contributed by atoms with Crippen LogP contribution in [0.1, 0.15) is 11.1 Å². The second-order valence-electron chi connectivity index (χ2n) is 6.33. The molecule has 0 N–H and O–H groups in total. The summed E-state index contributed by atoms with van der Waals surface area (Å²) in [6.07, 6.45) is 1.86. The van der Waals surface area contributed by atoms with Gasteiger partial charge >= 0.3 is 0 Å². The number of aromatic nitrogens is 1. The van der Waals surface area contributed by atoms with Gasteiger partial charge in [0.25, 0.3) is 0 Å². The summed E-state index contributed by atoms with van der Waals surface area (Å²) in [4.78, 5) is 11.5. The molecule has 3 aromatic rings. The molecule has 4 rings (SSSR count). The first-order chi connectivity index (χ1) is 12.8. The van der Waals surface area contributed by atoms with E-state index < -0.39 is 0 Å². The summed E-state index contributed by atoms with van der Waals surface area (Å²) in [5.74, 6) is 0. The van der Waals surface area contributed by atoms with E-state index in [0.29, 0.717) is 0 Å². The van der Waals surface area contributed by atoms with E-state index in [0.717, 1.165) is 48.3 Å². The van der Waals surface area contributed by atoms with Gasteiger partial charge in [0.15, 0.2) is 0 Å². The van der Waals surface area contributed by atoms with Gasteiger partial charge in [0.05, 0.1) is 18.9 Å². The van der Waals surface area contributed by atoms with Crippen molar-refractivity contribution in [3.63, 3.8) is 0 Å². The Labute approximate surface area is 157 Å². The molecule has 0 unspecified atom stereocenters. The fourth-order valence-corrected chi connectivity index (χ4v) is 3.57. The lowest BCUT2D eigenvalue weighted by Gasteiger charge is -2.28. The maximum absolute atomic E-state index is 5.41. The Morgan fingerprint density at radius 3 is 2.50 bits per heavy atom. The van der Waals surface area contributed by atoms with Crippen LogP contribution in [0.3, 0.4) is 0 Å². The molecule has 2 aromatic carbocycles. The largest absolute Gasteiger partial charge is 0.378 e. The van der Waals surface area contributed by atoms with Crippen LogP contribution in [0, 0.1) is 6.92 Å². The Morgan fingerprint density at radius 2 is 1.77 bits per heavy atom. The summed E-state index contributed by atoms with van der Waals surface area (Å²) in [6, 6.07) is 16.9. The first-order valence-electron chi connectivity index (χ1n) is 8.77. The van der Waals surface area contributed by atoms with Crippen LogP contribution in [-0.4, -0.2) is 37.5 Å². The smallest absolute Gasteiger partial charge is 0.209 e. The molecular formula is C21H21N3OS. The van der Waals surface area contributed by atoms with Crippen molar-refractivity contribution >= 4 is 28.4 Å². The second kappa shape index (κ2) is 7.81. The molecule has 26 heavy (non-hydrogen) atoms. The highest BCUT2D eigenvalue weighted by atomic mass is 32.1. The van der Waals surface area contributed by atoms with E-state index in [1.165, 1.54) is 11.3 Å². The predicted molar refractivity (Wildman–Crippen MR) is 109 cm³/mol. The van der Waals surface area contributed by atoms with Crippen molar-refractivity contribution in [2.24, 2.45) is 4.99 Å². The highest BCUT2D eigenvalue weighted by Gasteiger charge is 2.11. The van der Waals surface area contributed by atoms with E-state index in [1.54, 1.807) is 11.3 Å². The van der Waals surface area contributed by atoms with Gasteiger partial charge in [0.1, 0.15) is 0 Å². The minimum absolute atomic E-state index is 0.776. The number of aliphatic imine (C=N–C) groups is 1. The van der Waals surface area contributed by atoms with Crippen LogP contribution in [0.25, 0.3) is 11.3 Å². The molecule has 0 amide bonds. The van der Waals surface area contributed by atoms with Crippen molar-refractivity contribution in [1.82, 2.24) is 4.98 Å². The highest BCUT2D eigenvalue weighted by Crippen LogP contribution is 2.28. The second-order valence-corrected chi connectivity index (χ2v) is 7.17. The summed E-state index contributed by atoms with van der Waals surface area (Å²) in [5, 5.41) is 2.84. The van der Waals surface area contributed by atoms with Gasteiger partial charge in [-0.25, -0.2) is 9.98 Å². The third-order valence-electron chi connectivity index (χ3n) is 4.43. The zero-order chi connectivity index (χ0) is 17.8. The molecule has 4 nitrogen and oxygen atoms in total. The van der Waals surface area contributed by atoms with E-state index in [4.69, 9.17) is 4.74 Å². The molecule has 0 atom stereocenters. The minimum Gasteiger partial charge on any atom is -0.378 e. The van der Waals surface area contributed by atoms with Crippen LogP contribution in [-0.2, 0) is 4.74 Å². The van der Waals surface area contributed by atoms with E-state index in [2.05, 4.69) is 75.7 Å². The molecule has 2 heterocycles. The number of rotatable bonds is 4. The number of nitrogens with zero attached hydrogens (tertiary/aromatic N) is 3. The predicted octanol–water partition coefficient (Wildman–Crippen LogP) is 4.71. The molecule has 5 heteroatoms. The lowest BCUT2D eigenvalue weighted by atomic mass is 10.1. The van der Waals surface area contributed by atoms with Crippen molar-refractivity contribution in [1.29, 1.82) is 0 Å². The Hall–Kier alpha value is -2.50. The van der Waals surface area contributed by atoms with Crippen LogP contribution in [0.2, 0.25) is 0 Å². The number of anilines is 1. The summed E-state index contributed by atoms with van der Waals surface area (Å²) < 4.78 is 5.41. The van der Waals surface area contributed by atoms with Gasteiger partial charge in [-0.2, -0.15) is 0 Å². The molecule has 1 aliphatic heterocycles. The molecule has 0 radical (unpaired) electrons. The summed E-state index contributed by atoms with van der Waals surface area (Å²) >= 11 is 1.56. The lowest BCUT2D eigenvalue weighted by Crippen LogP contribution is -2.36. The van der Waals surface area contributed by atoms with Gasteiger partial charge in [-0.15, -0.1) is 11.3 Å². The van der Waals surface area contributed by atoms with Gasteiger partial charge in [0.2, 0.25) is 5.13 Å². The summed E-state index contributed by atoms with van der Waals surface area (Å²) in [7, 11) is 0. The Morgan fingerprint density at radius 1 is 1.04 bits per heavy atom. The molecule has 1 aromatic heterocycles. The third-order valence-corrected chi connectivity index (χ3v) is 5.18. The van der Waals surface area contributed by atoms with E-state index >= 15 is 0 Å². The fraction of sp³-hybridized carbons (Fsp3) is 0.238. The fourth-order valence-electron chi connectivity index (χ4n) is 2.90. The Bertz CT molecular complexity index is 878. The number of benzene rings is 2. The number of ether oxygens (including phenoxy) is 1. The highest BCUT2D eigenvalue weighted by molar-refractivity contribution is 7.13. The molecule has 132 valence electrons. The number of morpholine rings is 1. The lowest BCUT2D eigenvalue weighted by molar-refractivity contribution is 0.122. The topological polar surface area (TPSA) is 37.7 Å². The normalized spacial score (nSPS) is 14.9. The van der Waals surface area contributed by atoms with Crippen molar-refractivity contribution in [3.05, 3.63) is 65.0 Å². The molecule has 0 bridgehead atoms. The minimum atomic E-state index is 0.776. The average Bonchev–Trinajstić information content (AvgIpc) is 3.17. The van der Waals surface area contributed by atoms with Crippen LogP contribution in [0.5, 0.6) is 0 Å². The van der Waals surface area contributed by atoms with Crippen LogP contribution >= 0.6 is 11.3 Å². The third kappa shape index (κ3) is 4.00. The van der Waals surface area contributed by atoms with Gasteiger partial charge in [-0.05, 0) is 24.6 Å². The molecular weight excluding hydrogens is 342 g/mol. The van der Waals surface area contributed by atoms with Gasteiger partial charge < -0.3 is 9.64 Å². The number of aryl methyl sites for hydroxylation is 1. The summed E-state index contributed by atoms with van der Waals surface area (Å²) in [5.41, 5.74) is 5.67. The molecule has 1 fully saturated rings. The maximum Gasteiger partial charge on any atom is 0.209 e. The molecule has 1 saturated heterocycles. The molecule has 0 saturated carbocycles. The van der Waals surface area contributed by atoms with Gasteiger partial charge in [0, 0.05) is 35.9 Å². The molecule has 1 aliphatic rings. The van der Waals surface area contributed by atoms with Gasteiger partial charge in [-0.1, -0.05) is 42.0 Å². The van der Waals surface area contributed by atoms with E-state index in [1.807, 2.05) is 6.21 Å². The Kier molecular flexibility index (Phi) is 5.09. The molecule has 0 spiro atoms. The van der Waals surface area contributed by atoms with Crippen molar-refractivity contribution < 1.29 is 4.74 Å². The monoisotopic (exact) mass is 363 g/mol. The van der Waals surface area contributed by atoms with Crippen molar-refractivity contribution in [3.8, 4) is 11.3 Å². The first-order valence-corrected chi connectivity index (χ1v) is 9.65. The Balaban J connectivity index is 1.46. The number of hydrogen-bond acceptors (Lipinski definition) is 5. The van der Waals surface area contributed by atoms with Crippen LogP contribution in [0.4, 0.5) is 10.8 Å². The maximum atomic E-state index is 5.41. The van der Waals surface area contributed by atoms with Crippen molar-refractivity contribution in [2.45, 2.75) is 6.92 Å². The number of thiazole rings is 1. The van der Waals surface area contributed by atoms with Crippen LogP contribution < -0.4 is 4.90 Å². The van der Waals surface area contributed by atoms with E-state index in [-0.39, 0.29) is 0 Å². The van der Waals surface area contributed by atoms with E-state index in [9.17, 15) is 0 Å². The first kappa shape index (κ1) is 16.9. The SMILES string of the molecule is Cc1ccc(/C=N/c2nc(-c3ccc(N4CCOCC4)cc3)cs2)cc1. The van der Waals surface area contributed by atoms with Gasteiger partial charge in [-0.3, -0.25) is 0 Å². The zero-order valence-corrected chi connectivity index (χ0v) is 15.6. The summed E-state index contributed by atoms with van der Waals surface area (Å²) in [6.45, 7) is 5.59. The van der Waals surface area contributed by atoms with Crippen molar-refractivity contribution in [2.75, 3.05) is 31.2 Å². The standard InChI is InChI=1S/C21H21N3OS/c1-16-2-4-17(5-3-16)14-22-21-23-20(15-26-21)18-6-8-19(9-7-18)24-10-12-25-13-11-24/h2-9,14-15H,10-13H2,1H3/b22-14+. The zero-order valence-electron chi connectivity index (χ0n) is 14.8. The van der Waals surface area contributed by atoms with Crippen LogP contribution in [0.15, 0.2) is 58.9 Å². The quantitative estimate of drug-likeness (QED) is 0.630. The number of hydrogen-bond donors (Lipinski definition) is 0. The average molecular weight is 363 g/mol.